The SMILES string of the molecule is COc1ccc(C(C)(CCO)C(=O)O)cc1C. The highest BCUT2D eigenvalue weighted by atomic mass is 16.5. The van der Waals surface area contributed by atoms with Gasteiger partial charge in [-0.15, -0.1) is 0 Å². The van der Waals surface area contributed by atoms with Gasteiger partial charge in [-0.25, -0.2) is 0 Å². The van der Waals surface area contributed by atoms with Crippen LogP contribution in [-0.2, 0) is 10.2 Å². The van der Waals surface area contributed by atoms with E-state index in [4.69, 9.17) is 9.84 Å². The lowest BCUT2D eigenvalue weighted by atomic mass is 9.79. The zero-order chi connectivity index (χ0) is 13.1. The number of aliphatic hydroxyl groups excluding tert-OH is 1. The molecule has 0 aliphatic heterocycles. The molecule has 0 amide bonds. The van der Waals surface area contributed by atoms with Crippen molar-refractivity contribution in [1.29, 1.82) is 0 Å². The third kappa shape index (κ3) is 2.58. The van der Waals surface area contributed by atoms with Gasteiger partial charge in [-0.2, -0.15) is 0 Å². The molecule has 4 nitrogen and oxygen atoms in total. The molecule has 1 aromatic carbocycles. The summed E-state index contributed by atoms with van der Waals surface area (Å²) >= 11 is 0. The quantitative estimate of drug-likeness (QED) is 0.819. The van der Waals surface area contributed by atoms with Crippen LogP contribution >= 0.6 is 0 Å². The van der Waals surface area contributed by atoms with Crippen LogP contribution in [0.15, 0.2) is 18.2 Å². The number of ether oxygens (including phenoxy) is 1. The van der Waals surface area contributed by atoms with Crippen LogP contribution in [0.5, 0.6) is 5.75 Å². The van der Waals surface area contributed by atoms with Crippen LogP contribution in [0.4, 0.5) is 0 Å². The maximum atomic E-state index is 11.3. The third-order valence-corrected chi connectivity index (χ3v) is 3.12. The van der Waals surface area contributed by atoms with Crippen molar-refractivity contribution in [3.8, 4) is 5.75 Å². The summed E-state index contributed by atoms with van der Waals surface area (Å²) in [4.78, 5) is 11.3. The van der Waals surface area contributed by atoms with Gasteiger partial charge in [-0.3, -0.25) is 4.79 Å². The van der Waals surface area contributed by atoms with Gasteiger partial charge in [0, 0.05) is 6.61 Å². The Labute approximate surface area is 101 Å². The second-order valence-electron chi connectivity index (χ2n) is 4.30. The maximum absolute atomic E-state index is 11.3. The van der Waals surface area contributed by atoms with Crippen LogP contribution in [0.3, 0.4) is 0 Å². The minimum atomic E-state index is -1.06. The van der Waals surface area contributed by atoms with E-state index in [2.05, 4.69) is 0 Å². The lowest BCUT2D eigenvalue weighted by Gasteiger charge is -2.25. The van der Waals surface area contributed by atoms with Gasteiger partial charge < -0.3 is 14.9 Å². The fourth-order valence-electron chi connectivity index (χ4n) is 1.82. The molecule has 0 radical (unpaired) electrons. The lowest BCUT2D eigenvalue weighted by molar-refractivity contribution is -0.143. The highest BCUT2D eigenvalue weighted by Crippen LogP contribution is 2.31. The zero-order valence-electron chi connectivity index (χ0n) is 10.4. The Morgan fingerprint density at radius 2 is 2.12 bits per heavy atom. The Morgan fingerprint density at radius 1 is 1.47 bits per heavy atom. The predicted octanol–water partition coefficient (Wildman–Crippen LogP) is 1.73. The second kappa shape index (κ2) is 5.19. The number of rotatable bonds is 5. The summed E-state index contributed by atoms with van der Waals surface area (Å²) in [6.45, 7) is 3.32. The molecule has 17 heavy (non-hydrogen) atoms. The van der Waals surface area contributed by atoms with Crippen molar-refractivity contribution in [1.82, 2.24) is 0 Å². The summed E-state index contributed by atoms with van der Waals surface area (Å²) in [6.07, 6.45) is 0.189. The first-order valence-corrected chi connectivity index (χ1v) is 5.45. The number of carboxylic acids is 1. The molecule has 4 heteroatoms. The largest absolute Gasteiger partial charge is 0.496 e. The number of methoxy groups -OCH3 is 1. The van der Waals surface area contributed by atoms with Gasteiger partial charge in [0.15, 0.2) is 0 Å². The molecular weight excluding hydrogens is 220 g/mol. The number of hydrogen-bond acceptors (Lipinski definition) is 3. The van der Waals surface area contributed by atoms with E-state index in [1.807, 2.05) is 6.92 Å². The first kappa shape index (κ1) is 13.5. The summed E-state index contributed by atoms with van der Waals surface area (Å²) < 4.78 is 5.14. The second-order valence-corrected chi connectivity index (χ2v) is 4.30. The molecule has 1 atom stereocenters. The third-order valence-electron chi connectivity index (χ3n) is 3.12. The number of aliphatic hydroxyl groups is 1. The molecular formula is C13H18O4. The normalized spacial score (nSPS) is 14.1. The Bertz CT molecular complexity index is 414. The number of aryl methyl sites for hydroxylation is 1. The van der Waals surface area contributed by atoms with Crippen molar-refractivity contribution in [2.45, 2.75) is 25.7 Å². The zero-order valence-corrected chi connectivity index (χ0v) is 10.4. The van der Waals surface area contributed by atoms with Crippen LogP contribution < -0.4 is 4.74 Å². The lowest BCUT2D eigenvalue weighted by Crippen LogP contribution is -2.33. The van der Waals surface area contributed by atoms with Gasteiger partial charge in [0.2, 0.25) is 0 Å². The Morgan fingerprint density at radius 3 is 2.53 bits per heavy atom. The van der Waals surface area contributed by atoms with Crippen LogP contribution in [0.25, 0.3) is 0 Å². The number of hydrogen-bond donors (Lipinski definition) is 2. The molecule has 1 aromatic rings. The van der Waals surface area contributed by atoms with E-state index in [1.54, 1.807) is 32.2 Å². The van der Waals surface area contributed by atoms with Gasteiger partial charge >= 0.3 is 5.97 Å². The van der Waals surface area contributed by atoms with Gasteiger partial charge in [0.1, 0.15) is 5.75 Å². The minimum absolute atomic E-state index is 0.159. The van der Waals surface area contributed by atoms with Gasteiger partial charge in [-0.1, -0.05) is 12.1 Å². The summed E-state index contributed by atoms with van der Waals surface area (Å²) in [5, 5.41) is 18.3. The standard InChI is InChI=1S/C13H18O4/c1-9-8-10(4-5-11(9)17-3)13(2,6-7-14)12(15)16/h4-5,8,14H,6-7H2,1-3H3,(H,15,16). The van der Waals surface area contributed by atoms with Crippen LogP contribution in [0, 0.1) is 6.92 Å². The average molecular weight is 238 g/mol. The molecule has 1 rings (SSSR count). The summed E-state index contributed by atoms with van der Waals surface area (Å²) in [5.74, 6) is -0.207. The van der Waals surface area contributed by atoms with Crippen molar-refractivity contribution < 1.29 is 19.7 Å². The number of aliphatic carboxylic acids is 1. The summed E-state index contributed by atoms with van der Waals surface area (Å²) in [6, 6.07) is 5.28. The molecule has 0 aliphatic carbocycles. The molecule has 0 aromatic heterocycles. The van der Waals surface area contributed by atoms with Gasteiger partial charge in [-0.05, 0) is 37.5 Å². The predicted molar refractivity (Wildman–Crippen MR) is 64.4 cm³/mol. The van der Waals surface area contributed by atoms with E-state index in [0.29, 0.717) is 5.56 Å². The van der Waals surface area contributed by atoms with Crippen molar-refractivity contribution in [3.63, 3.8) is 0 Å². The summed E-state index contributed by atoms with van der Waals surface area (Å²) in [5.41, 5.74) is 0.499. The monoisotopic (exact) mass is 238 g/mol. The summed E-state index contributed by atoms with van der Waals surface area (Å²) in [7, 11) is 1.58. The van der Waals surface area contributed by atoms with E-state index in [9.17, 15) is 9.90 Å². The van der Waals surface area contributed by atoms with Crippen molar-refractivity contribution in [3.05, 3.63) is 29.3 Å². The van der Waals surface area contributed by atoms with Crippen molar-refractivity contribution in [2.24, 2.45) is 0 Å². The molecule has 94 valence electrons. The Hall–Kier alpha value is -1.55. The molecule has 0 bridgehead atoms. The Kier molecular flexibility index (Phi) is 4.12. The van der Waals surface area contributed by atoms with E-state index >= 15 is 0 Å². The fourth-order valence-corrected chi connectivity index (χ4v) is 1.82. The van der Waals surface area contributed by atoms with Crippen molar-refractivity contribution >= 4 is 5.97 Å². The van der Waals surface area contributed by atoms with Gasteiger partial charge in [0.25, 0.3) is 0 Å². The first-order chi connectivity index (χ1) is 7.95. The topological polar surface area (TPSA) is 66.8 Å². The van der Waals surface area contributed by atoms with E-state index in [0.717, 1.165) is 11.3 Å². The van der Waals surface area contributed by atoms with Crippen molar-refractivity contribution in [2.75, 3.05) is 13.7 Å². The molecule has 0 heterocycles. The highest BCUT2D eigenvalue weighted by Gasteiger charge is 2.34. The maximum Gasteiger partial charge on any atom is 0.313 e. The molecule has 0 aliphatic rings. The molecule has 0 fully saturated rings. The smallest absolute Gasteiger partial charge is 0.313 e. The molecule has 0 saturated carbocycles. The van der Waals surface area contributed by atoms with Crippen LogP contribution in [0.1, 0.15) is 24.5 Å². The molecule has 0 saturated heterocycles. The fraction of sp³-hybridized carbons (Fsp3) is 0.462. The number of benzene rings is 1. The van der Waals surface area contributed by atoms with E-state index < -0.39 is 11.4 Å². The average Bonchev–Trinajstić information content (AvgIpc) is 2.28. The molecule has 0 spiro atoms. The number of carboxylic acid groups (broad SMARTS) is 1. The highest BCUT2D eigenvalue weighted by molar-refractivity contribution is 5.81. The molecule has 2 N–H and O–H groups in total. The van der Waals surface area contributed by atoms with E-state index in [1.165, 1.54) is 0 Å². The van der Waals surface area contributed by atoms with Gasteiger partial charge in [0.05, 0.1) is 12.5 Å². The molecule has 1 unspecified atom stereocenters. The van der Waals surface area contributed by atoms with Crippen LogP contribution in [-0.4, -0.2) is 29.9 Å². The van der Waals surface area contributed by atoms with Crippen LogP contribution in [0.2, 0.25) is 0 Å². The first-order valence-electron chi connectivity index (χ1n) is 5.45. The minimum Gasteiger partial charge on any atom is -0.496 e. The van der Waals surface area contributed by atoms with E-state index in [-0.39, 0.29) is 13.0 Å². The Balaban J connectivity index is 3.20. The number of carbonyl (C=O) groups is 1.